The van der Waals surface area contributed by atoms with Gasteiger partial charge in [0.1, 0.15) is 0 Å². The van der Waals surface area contributed by atoms with Gasteiger partial charge in [0, 0.05) is 0 Å². The molecule has 64 valence electrons. The van der Waals surface area contributed by atoms with E-state index in [4.69, 9.17) is 10.2 Å². The van der Waals surface area contributed by atoms with Gasteiger partial charge in [-0.3, -0.25) is 0 Å². The molecule has 1 heterocycles. The quantitative estimate of drug-likeness (QED) is 0.621. The summed E-state index contributed by atoms with van der Waals surface area (Å²) in [6.45, 7) is 0. The topological polar surface area (TPSA) is 74.6 Å². The highest BCUT2D eigenvalue weighted by Gasteiger charge is 2.45. The van der Waals surface area contributed by atoms with Crippen LogP contribution in [0.2, 0.25) is 0 Å². The van der Waals surface area contributed by atoms with Crippen molar-refractivity contribution < 1.29 is 19.8 Å². The van der Waals surface area contributed by atoms with E-state index in [1.54, 1.807) is 6.08 Å². The number of allylic oxidation sites excluding steroid dienone is 2. The molecule has 1 rings (SSSR count). The summed E-state index contributed by atoms with van der Waals surface area (Å²) >= 11 is 0.760. The maximum absolute atomic E-state index is 10.6. The average Bonchev–Trinajstić information content (AvgIpc) is 2.05. The molecular formula is C7H6O4S. The molecule has 0 radical (unpaired) electrons. The lowest BCUT2D eigenvalue weighted by Crippen LogP contribution is -2.41. The van der Waals surface area contributed by atoms with Gasteiger partial charge in [-0.1, -0.05) is 23.9 Å². The third-order valence-electron chi connectivity index (χ3n) is 1.41. The predicted octanol–water partition coefficient (Wildman–Crippen LogP) is 0.711. The Kier molecular flexibility index (Phi) is 2.23. The van der Waals surface area contributed by atoms with Crippen LogP contribution in [0, 0.1) is 0 Å². The Morgan fingerprint density at radius 1 is 1.17 bits per heavy atom. The fourth-order valence-electron chi connectivity index (χ4n) is 0.757. The molecule has 0 aromatic rings. The van der Waals surface area contributed by atoms with Crippen LogP contribution in [0.1, 0.15) is 0 Å². The SMILES string of the molecule is O=C(O)C1(C(=O)O)C=CC=CS1. The Morgan fingerprint density at radius 2 is 1.75 bits per heavy atom. The molecule has 0 atom stereocenters. The summed E-state index contributed by atoms with van der Waals surface area (Å²) in [5.74, 6) is -2.72. The summed E-state index contributed by atoms with van der Waals surface area (Å²) in [6, 6.07) is 0. The summed E-state index contributed by atoms with van der Waals surface area (Å²) in [5.41, 5.74) is 0. The molecule has 5 heteroatoms. The first-order valence-electron chi connectivity index (χ1n) is 3.08. The van der Waals surface area contributed by atoms with Crippen molar-refractivity contribution >= 4 is 23.7 Å². The Bertz CT molecular complexity index is 265. The van der Waals surface area contributed by atoms with E-state index in [1.165, 1.54) is 11.5 Å². The first kappa shape index (κ1) is 8.86. The van der Waals surface area contributed by atoms with Crippen LogP contribution in [-0.4, -0.2) is 26.9 Å². The second-order valence-corrected chi connectivity index (χ2v) is 3.30. The average molecular weight is 186 g/mol. The van der Waals surface area contributed by atoms with Crippen LogP contribution in [0.25, 0.3) is 0 Å². The van der Waals surface area contributed by atoms with Crippen LogP contribution in [0.4, 0.5) is 0 Å². The molecule has 0 aliphatic carbocycles. The molecule has 0 unspecified atom stereocenters. The van der Waals surface area contributed by atoms with Gasteiger partial charge in [0.15, 0.2) is 0 Å². The summed E-state index contributed by atoms with van der Waals surface area (Å²) in [5, 5.41) is 18.8. The summed E-state index contributed by atoms with van der Waals surface area (Å²) in [4.78, 5) is 21.3. The molecule has 0 aromatic heterocycles. The lowest BCUT2D eigenvalue weighted by Gasteiger charge is -2.19. The second kappa shape index (κ2) is 3.02. The van der Waals surface area contributed by atoms with Crippen molar-refractivity contribution in [1.29, 1.82) is 0 Å². The lowest BCUT2D eigenvalue weighted by molar-refractivity contribution is -0.149. The summed E-state index contributed by atoms with van der Waals surface area (Å²) in [7, 11) is 0. The molecule has 1 aliphatic heterocycles. The Labute approximate surface area is 72.6 Å². The third-order valence-corrected chi connectivity index (χ3v) is 2.56. The molecule has 0 saturated carbocycles. The van der Waals surface area contributed by atoms with Crippen LogP contribution in [-0.2, 0) is 9.59 Å². The highest BCUT2D eigenvalue weighted by atomic mass is 32.2. The van der Waals surface area contributed by atoms with Crippen molar-refractivity contribution in [2.75, 3.05) is 0 Å². The van der Waals surface area contributed by atoms with E-state index in [0.29, 0.717) is 0 Å². The predicted molar refractivity (Wildman–Crippen MR) is 43.9 cm³/mol. The second-order valence-electron chi connectivity index (χ2n) is 2.15. The third kappa shape index (κ3) is 1.23. The van der Waals surface area contributed by atoms with Crippen LogP contribution >= 0.6 is 11.8 Å². The molecule has 12 heavy (non-hydrogen) atoms. The summed E-state index contributed by atoms with van der Waals surface area (Å²) < 4.78 is -1.84. The zero-order valence-corrected chi connectivity index (χ0v) is 6.75. The number of carboxylic acids is 2. The molecule has 0 amide bonds. The van der Waals surface area contributed by atoms with Crippen molar-refractivity contribution in [2.45, 2.75) is 4.75 Å². The zero-order valence-electron chi connectivity index (χ0n) is 5.93. The van der Waals surface area contributed by atoms with E-state index < -0.39 is 16.7 Å². The standard InChI is InChI=1S/C7H6O4S/c8-5(9)7(6(10)11)3-1-2-4-12-7/h1-4H,(H,8,9)(H,10,11). The van der Waals surface area contributed by atoms with Gasteiger partial charge in [-0.15, -0.1) is 0 Å². The Hall–Kier alpha value is -1.23. The summed E-state index contributed by atoms with van der Waals surface area (Å²) in [6.07, 6.45) is 4.16. The normalized spacial score (nSPS) is 19.0. The molecule has 0 fully saturated rings. The molecule has 1 aliphatic rings. The number of carbonyl (C=O) groups is 2. The fraction of sp³-hybridized carbons (Fsp3) is 0.143. The van der Waals surface area contributed by atoms with Crippen molar-refractivity contribution in [3.05, 3.63) is 23.6 Å². The lowest BCUT2D eigenvalue weighted by atomic mass is 10.1. The molecular weight excluding hydrogens is 180 g/mol. The smallest absolute Gasteiger partial charge is 0.335 e. The van der Waals surface area contributed by atoms with Crippen LogP contribution in [0.3, 0.4) is 0 Å². The fourth-order valence-corrected chi connectivity index (χ4v) is 1.50. The number of thioether (sulfide) groups is 1. The van der Waals surface area contributed by atoms with Gasteiger partial charge in [-0.2, -0.15) is 0 Å². The zero-order chi connectivity index (χ0) is 9.19. The maximum atomic E-state index is 10.6. The highest BCUT2D eigenvalue weighted by Crippen LogP contribution is 2.31. The highest BCUT2D eigenvalue weighted by molar-refractivity contribution is 8.05. The van der Waals surface area contributed by atoms with E-state index >= 15 is 0 Å². The Balaban J connectivity index is 3.04. The number of rotatable bonds is 2. The van der Waals surface area contributed by atoms with Gasteiger partial charge in [0.2, 0.25) is 4.75 Å². The molecule has 0 spiro atoms. The largest absolute Gasteiger partial charge is 0.480 e. The van der Waals surface area contributed by atoms with E-state index in [9.17, 15) is 9.59 Å². The number of hydrogen-bond donors (Lipinski definition) is 2. The van der Waals surface area contributed by atoms with Crippen molar-refractivity contribution in [3.8, 4) is 0 Å². The van der Waals surface area contributed by atoms with Crippen LogP contribution in [0.15, 0.2) is 23.6 Å². The number of carboxylic acid groups (broad SMARTS) is 2. The Morgan fingerprint density at radius 3 is 2.00 bits per heavy atom. The molecule has 0 aromatic carbocycles. The minimum atomic E-state index is -1.84. The van der Waals surface area contributed by atoms with Crippen molar-refractivity contribution in [1.82, 2.24) is 0 Å². The first-order chi connectivity index (χ1) is 5.59. The molecule has 2 N–H and O–H groups in total. The number of hydrogen-bond acceptors (Lipinski definition) is 3. The first-order valence-corrected chi connectivity index (χ1v) is 3.96. The van der Waals surface area contributed by atoms with Crippen LogP contribution < -0.4 is 0 Å². The van der Waals surface area contributed by atoms with Crippen molar-refractivity contribution in [3.63, 3.8) is 0 Å². The monoisotopic (exact) mass is 186 g/mol. The minimum Gasteiger partial charge on any atom is -0.480 e. The maximum Gasteiger partial charge on any atom is 0.335 e. The van der Waals surface area contributed by atoms with E-state index in [2.05, 4.69) is 0 Å². The molecule has 0 bridgehead atoms. The van der Waals surface area contributed by atoms with Gasteiger partial charge >= 0.3 is 11.9 Å². The van der Waals surface area contributed by atoms with Gasteiger partial charge in [-0.25, -0.2) is 9.59 Å². The van der Waals surface area contributed by atoms with Gasteiger partial charge < -0.3 is 10.2 Å². The van der Waals surface area contributed by atoms with Gasteiger partial charge in [0.05, 0.1) is 0 Å². The van der Waals surface area contributed by atoms with Gasteiger partial charge in [-0.05, 0) is 11.5 Å². The van der Waals surface area contributed by atoms with E-state index in [0.717, 1.165) is 17.8 Å². The van der Waals surface area contributed by atoms with Gasteiger partial charge in [0.25, 0.3) is 0 Å². The minimum absolute atomic E-state index is 0.760. The van der Waals surface area contributed by atoms with Crippen LogP contribution in [0.5, 0.6) is 0 Å². The number of aliphatic carboxylic acids is 2. The van der Waals surface area contributed by atoms with E-state index in [1.807, 2.05) is 0 Å². The molecule has 4 nitrogen and oxygen atoms in total. The van der Waals surface area contributed by atoms with E-state index in [-0.39, 0.29) is 0 Å². The molecule has 0 saturated heterocycles. The van der Waals surface area contributed by atoms with Crippen molar-refractivity contribution in [2.24, 2.45) is 0 Å².